The van der Waals surface area contributed by atoms with Gasteiger partial charge in [-0.05, 0) is 29.3 Å². The first-order valence-electron chi connectivity index (χ1n) is 5.87. The number of aliphatic carboxylic acids is 2. The van der Waals surface area contributed by atoms with Crippen LogP contribution in [0, 0.1) is 5.41 Å². The molecule has 0 saturated heterocycles. The van der Waals surface area contributed by atoms with Crippen molar-refractivity contribution in [2.45, 2.75) is 6.42 Å². The number of halogens is 2. The highest BCUT2D eigenvalue weighted by Crippen LogP contribution is 2.40. The fourth-order valence-corrected chi connectivity index (χ4v) is 2.16. The van der Waals surface area contributed by atoms with Gasteiger partial charge in [-0.1, -0.05) is 18.2 Å². The lowest BCUT2D eigenvalue weighted by Gasteiger charge is -2.29. The summed E-state index contributed by atoms with van der Waals surface area (Å²) in [6.45, 7) is 0. The van der Waals surface area contributed by atoms with E-state index in [1.54, 1.807) is 30.3 Å². The molecule has 0 spiro atoms. The van der Waals surface area contributed by atoms with Crippen molar-refractivity contribution in [2.24, 2.45) is 11.1 Å². The number of benzene rings is 1. The molecular weight excluding hydrogens is 331 g/mol. The first-order valence-corrected chi connectivity index (χ1v) is 5.87. The van der Waals surface area contributed by atoms with Crippen molar-refractivity contribution in [2.75, 3.05) is 5.73 Å². The number of hydrogen-bond acceptors (Lipinski definition) is 4. The van der Waals surface area contributed by atoms with Gasteiger partial charge < -0.3 is 21.7 Å². The zero-order chi connectivity index (χ0) is 14.9. The van der Waals surface area contributed by atoms with Crippen LogP contribution in [-0.4, -0.2) is 22.2 Å². The van der Waals surface area contributed by atoms with Crippen molar-refractivity contribution in [1.82, 2.24) is 0 Å². The van der Waals surface area contributed by atoms with Gasteiger partial charge in [-0.3, -0.25) is 9.59 Å². The molecule has 0 radical (unpaired) electrons. The van der Waals surface area contributed by atoms with Crippen LogP contribution >= 0.6 is 24.8 Å². The second-order valence-electron chi connectivity index (χ2n) is 4.63. The third kappa shape index (κ3) is 3.18. The first-order chi connectivity index (χ1) is 9.37. The van der Waals surface area contributed by atoms with Crippen LogP contribution in [0.1, 0.15) is 12.0 Å². The predicted molar refractivity (Wildman–Crippen MR) is 87.9 cm³/mol. The molecule has 120 valence electrons. The molecule has 0 fully saturated rings. The van der Waals surface area contributed by atoms with E-state index >= 15 is 0 Å². The summed E-state index contributed by atoms with van der Waals surface area (Å²) in [4.78, 5) is 22.8. The minimum absolute atomic E-state index is 0. The summed E-state index contributed by atoms with van der Waals surface area (Å²) in [5.74, 6) is -2.94. The molecule has 1 aliphatic rings. The second kappa shape index (κ2) is 7.20. The molecule has 6 N–H and O–H groups in total. The molecule has 0 amide bonds. The standard InChI is InChI=1S/C14H14N2O4.2ClH/c15-10-4-1-8(2-5-10)9-3-6-11(16)14(7-9,12(17)18)13(19)20;;/h1-6H,7,15-16H2,(H,17,18)(H,19,20);2*1H. The van der Waals surface area contributed by atoms with E-state index in [0.29, 0.717) is 11.3 Å². The number of hydrogen-bond donors (Lipinski definition) is 4. The summed E-state index contributed by atoms with van der Waals surface area (Å²) in [6, 6.07) is 6.76. The highest BCUT2D eigenvalue weighted by Gasteiger charge is 2.50. The number of carboxylic acids is 2. The van der Waals surface area contributed by atoms with Crippen LogP contribution in [0.3, 0.4) is 0 Å². The van der Waals surface area contributed by atoms with Gasteiger partial charge in [-0.15, -0.1) is 24.8 Å². The van der Waals surface area contributed by atoms with Crippen LogP contribution in [0.25, 0.3) is 5.57 Å². The fourth-order valence-electron chi connectivity index (χ4n) is 2.16. The zero-order valence-electron chi connectivity index (χ0n) is 11.4. The molecule has 0 saturated carbocycles. The van der Waals surface area contributed by atoms with E-state index in [1.807, 2.05) is 0 Å². The molecule has 0 aromatic heterocycles. The third-order valence-corrected chi connectivity index (χ3v) is 3.42. The topological polar surface area (TPSA) is 127 Å². The van der Waals surface area contributed by atoms with Crippen LogP contribution in [-0.2, 0) is 9.59 Å². The van der Waals surface area contributed by atoms with E-state index in [2.05, 4.69) is 0 Å². The van der Waals surface area contributed by atoms with Crippen LogP contribution < -0.4 is 11.5 Å². The van der Waals surface area contributed by atoms with Crippen molar-refractivity contribution in [3.05, 3.63) is 47.7 Å². The van der Waals surface area contributed by atoms with Crippen molar-refractivity contribution in [3.63, 3.8) is 0 Å². The number of allylic oxidation sites excluding steroid dienone is 3. The number of nitrogens with two attached hydrogens (primary N) is 2. The Labute approximate surface area is 139 Å². The summed E-state index contributed by atoms with van der Waals surface area (Å²) in [5.41, 5.74) is 10.8. The van der Waals surface area contributed by atoms with Gasteiger partial charge in [0.25, 0.3) is 0 Å². The summed E-state index contributed by atoms with van der Waals surface area (Å²) < 4.78 is 0. The summed E-state index contributed by atoms with van der Waals surface area (Å²) in [7, 11) is 0. The van der Waals surface area contributed by atoms with Crippen LogP contribution in [0.4, 0.5) is 5.69 Å². The van der Waals surface area contributed by atoms with Crippen LogP contribution in [0.5, 0.6) is 0 Å². The Balaban J connectivity index is 0.00000220. The van der Waals surface area contributed by atoms with Gasteiger partial charge in [-0.25, -0.2) is 0 Å². The van der Waals surface area contributed by atoms with Gasteiger partial charge in [0.15, 0.2) is 0 Å². The van der Waals surface area contributed by atoms with Crippen molar-refractivity contribution in [3.8, 4) is 0 Å². The first kappa shape index (κ1) is 19.8. The van der Waals surface area contributed by atoms with Crippen LogP contribution in [0.15, 0.2) is 42.1 Å². The largest absolute Gasteiger partial charge is 0.480 e. The van der Waals surface area contributed by atoms with E-state index < -0.39 is 17.4 Å². The molecule has 0 atom stereocenters. The Morgan fingerprint density at radius 3 is 1.91 bits per heavy atom. The maximum atomic E-state index is 11.4. The smallest absolute Gasteiger partial charge is 0.327 e. The van der Waals surface area contributed by atoms with Gasteiger partial charge in [0.05, 0.1) is 0 Å². The molecule has 22 heavy (non-hydrogen) atoms. The predicted octanol–water partition coefficient (Wildman–Crippen LogP) is 1.90. The Bertz CT molecular complexity index is 625. The average molecular weight is 347 g/mol. The molecule has 0 aliphatic heterocycles. The number of nitrogen functional groups attached to an aromatic ring is 1. The molecule has 2 rings (SSSR count). The van der Waals surface area contributed by atoms with Gasteiger partial charge in [0, 0.05) is 17.8 Å². The summed E-state index contributed by atoms with van der Waals surface area (Å²) in [5, 5.41) is 18.6. The molecule has 0 unspecified atom stereocenters. The molecule has 8 heteroatoms. The molecule has 0 bridgehead atoms. The van der Waals surface area contributed by atoms with Crippen molar-refractivity contribution < 1.29 is 19.8 Å². The Morgan fingerprint density at radius 1 is 0.955 bits per heavy atom. The number of carbonyl (C=O) groups is 2. The molecule has 1 aliphatic carbocycles. The number of anilines is 1. The lowest BCUT2D eigenvalue weighted by molar-refractivity contribution is -0.161. The quantitative estimate of drug-likeness (QED) is 0.489. The van der Waals surface area contributed by atoms with E-state index in [0.717, 1.165) is 5.56 Å². The SMILES string of the molecule is Cl.Cl.NC1=CC=C(c2ccc(N)cc2)CC1(C(=O)O)C(=O)O. The maximum absolute atomic E-state index is 11.4. The van der Waals surface area contributed by atoms with E-state index in [9.17, 15) is 19.8 Å². The highest BCUT2D eigenvalue weighted by atomic mass is 35.5. The monoisotopic (exact) mass is 346 g/mol. The van der Waals surface area contributed by atoms with Crippen molar-refractivity contribution in [1.29, 1.82) is 0 Å². The lowest BCUT2D eigenvalue weighted by Crippen LogP contribution is -2.45. The molecule has 0 heterocycles. The molecule has 1 aromatic rings. The number of rotatable bonds is 3. The van der Waals surface area contributed by atoms with Crippen molar-refractivity contribution >= 4 is 48.0 Å². The average Bonchev–Trinajstić information content (AvgIpc) is 2.39. The molecular formula is C14H16Cl2N2O4. The minimum Gasteiger partial charge on any atom is -0.480 e. The van der Waals surface area contributed by atoms with E-state index in [1.165, 1.54) is 6.08 Å². The molecule has 6 nitrogen and oxygen atoms in total. The maximum Gasteiger partial charge on any atom is 0.327 e. The molecule has 1 aromatic carbocycles. The van der Waals surface area contributed by atoms with Gasteiger partial charge in [0.2, 0.25) is 5.41 Å². The van der Waals surface area contributed by atoms with Gasteiger partial charge in [0.1, 0.15) is 0 Å². The Kier molecular flexibility index (Phi) is 6.48. The van der Waals surface area contributed by atoms with Crippen LogP contribution in [0.2, 0.25) is 0 Å². The zero-order valence-corrected chi connectivity index (χ0v) is 13.0. The minimum atomic E-state index is -2.12. The summed E-state index contributed by atoms with van der Waals surface area (Å²) >= 11 is 0. The van der Waals surface area contributed by atoms with E-state index in [-0.39, 0.29) is 36.9 Å². The highest BCUT2D eigenvalue weighted by molar-refractivity contribution is 6.04. The third-order valence-electron chi connectivity index (χ3n) is 3.42. The Morgan fingerprint density at radius 2 is 1.45 bits per heavy atom. The second-order valence-corrected chi connectivity index (χ2v) is 4.63. The fraction of sp³-hybridized carbons (Fsp3) is 0.143. The lowest BCUT2D eigenvalue weighted by atomic mass is 9.74. The normalized spacial score (nSPS) is 15.5. The Hall–Kier alpha value is -2.18. The number of carboxylic acid groups (broad SMARTS) is 2. The van der Waals surface area contributed by atoms with Gasteiger partial charge >= 0.3 is 11.9 Å². The summed E-state index contributed by atoms with van der Waals surface area (Å²) in [6.07, 6.45) is 2.76. The van der Waals surface area contributed by atoms with Gasteiger partial charge in [-0.2, -0.15) is 0 Å². The van der Waals surface area contributed by atoms with E-state index in [4.69, 9.17) is 11.5 Å².